The summed E-state index contributed by atoms with van der Waals surface area (Å²) in [6.45, 7) is 4.40. The summed E-state index contributed by atoms with van der Waals surface area (Å²) in [6.07, 6.45) is 0.941. The van der Waals surface area contributed by atoms with Gasteiger partial charge < -0.3 is 9.64 Å². The molecular formula is C19H21ClN2O. The van der Waals surface area contributed by atoms with Crippen LogP contribution in [0.5, 0.6) is 11.5 Å². The largest absolute Gasteiger partial charge is 0.457 e. The van der Waals surface area contributed by atoms with Crippen molar-refractivity contribution in [3.05, 3.63) is 58.6 Å². The molecule has 0 amide bonds. The number of hydrogen-bond donors (Lipinski definition) is 0. The van der Waals surface area contributed by atoms with Crippen molar-refractivity contribution in [3.8, 4) is 11.5 Å². The van der Waals surface area contributed by atoms with Gasteiger partial charge in [-0.05, 0) is 43.3 Å². The number of nitrogens with zero attached hydrogens (tertiary/aromatic N) is 2. The molecule has 4 rings (SSSR count). The van der Waals surface area contributed by atoms with E-state index >= 15 is 0 Å². The number of hydrogen-bond acceptors (Lipinski definition) is 3. The molecule has 0 spiro atoms. The number of rotatable bonds is 1. The Kier molecular flexibility index (Phi) is 4.02. The molecule has 0 aromatic heterocycles. The highest BCUT2D eigenvalue weighted by molar-refractivity contribution is 6.30. The fourth-order valence-corrected chi connectivity index (χ4v) is 3.75. The standard InChI is InChI=1S/C19H21ClN2O/c1-21-8-10-22(11-9-21)17-13-14-12-15(20)6-7-18(14)23-19-5-3-2-4-16(17)19/h2-7,12,17H,8-11,13H2,1H3. The molecule has 4 heteroatoms. The summed E-state index contributed by atoms with van der Waals surface area (Å²) in [5, 5.41) is 0.774. The zero-order valence-electron chi connectivity index (χ0n) is 13.3. The Morgan fingerprint density at radius 3 is 2.61 bits per heavy atom. The number of ether oxygens (including phenoxy) is 1. The van der Waals surface area contributed by atoms with Crippen molar-refractivity contribution < 1.29 is 4.74 Å². The first kappa shape index (κ1) is 15.0. The van der Waals surface area contributed by atoms with Crippen molar-refractivity contribution in [2.75, 3.05) is 33.2 Å². The highest BCUT2D eigenvalue weighted by atomic mass is 35.5. The fourth-order valence-electron chi connectivity index (χ4n) is 3.55. The van der Waals surface area contributed by atoms with Crippen LogP contribution < -0.4 is 4.74 Å². The van der Waals surface area contributed by atoms with E-state index in [4.69, 9.17) is 16.3 Å². The molecule has 1 unspecified atom stereocenters. The topological polar surface area (TPSA) is 15.7 Å². The third-order valence-electron chi connectivity index (χ3n) is 4.91. The molecule has 1 fully saturated rings. The molecule has 2 heterocycles. The monoisotopic (exact) mass is 328 g/mol. The van der Waals surface area contributed by atoms with E-state index in [1.54, 1.807) is 0 Å². The molecule has 0 radical (unpaired) electrons. The first-order chi connectivity index (χ1) is 11.2. The van der Waals surface area contributed by atoms with Crippen molar-refractivity contribution in [1.82, 2.24) is 9.80 Å². The maximum Gasteiger partial charge on any atom is 0.132 e. The summed E-state index contributed by atoms with van der Waals surface area (Å²) < 4.78 is 6.20. The van der Waals surface area contributed by atoms with Crippen LogP contribution in [0, 0.1) is 0 Å². The van der Waals surface area contributed by atoms with E-state index in [-0.39, 0.29) is 0 Å². The normalized spacial score (nSPS) is 21.9. The second-order valence-corrected chi connectivity index (χ2v) is 6.89. The van der Waals surface area contributed by atoms with Gasteiger partial charge in [0.1, 0.15) is 11.5 Å². The number of halogens is 1. The minimum absolute atomic E-state index is 0.347. The molecule has 1 saturated heterocycles. The third-order valence-corrected chi connectivity index (χ3v) is 5.15. The molecule has 3 nitrogen and oxygen atoms in total. The lowest BCUT2D eigenvalue weighted by Gasteiger charge is -2.38. The molecule has 23 heavy (non-hydrogen) atoms. The average molecular weight is 329 g/mol. The quantitative estimate of drug-likeness (QED) is 0.787. The average Bonchev–Trinajstić information content (AvgIpc) is 2.72. The summed E-state index contributed by atoms with van der Waals surface area (Å²) >= 11 is 6.22. The summed E-state index contributed by atoms with van der Waals surface area (Å²) in [5.74, 6) is 1.90. The molecule has 2 aliphatic heterocycles. The van der Waals surface area contributed by atoms with E-state index < -0.39 is 0 Å². The van der Waals surface area contributed by atoms with E-state index in [1.165, 1.54) is 11.1 Å². The highest BCUT2D eigenvalue weighted by Gasteiger charge is 2.29. The van der Waals surface area contributed by atoms with Crippen molar-refractivity contribution in [2.45, 2.75) is 12.5 Å². The van der Waals surface area contributed by atoms with Crippen LogP contribution in [0.25, 0.3) is 0 Å². The Bertz CT molecular complexity index is 710. The Morgan fingerprint density at radius 2 is 1.78 bits per heavy atom. The van der Waals surface area contributed by atoms with Gasteiger partial charge in [-0.2, -0.15) is 0 Å². The lowest BCUT2D eigenvalue weighted by atomic mass is 9.96. The van der Waals surface area contributed by atoms with Crippen LogP contribution in [0.15, 0.2) is 42.5 Å². The highest BCUT2D eigenvalue weighted by Crippen LogP contribution is 2.41. The van der Waals surface area contributed by atoms with Crippen LogP contribution in [0.1, 0.15) is 17.2 Å². The van der Waals surface area contributed by atoms with Crippen molar-refractivity contribution in [3.63, 3.8) is 0 Å². The van der Waals surface area contributed by atoms with Gasteiger partial charge in [-0.3, -0.25) is 4.90 Å². The number of likely N-dealkylation sites (N-methyl/N-ethyl adjacent to an activating group) is 1. The summed E-state index contributed by atoms with van der Waals surface area (Å²) in [7, 11) is 2.19. The molecule has 120 valence electrons. The van der Waals surface area contributed by atoms with E-state index in [1.807, 2.05) is 24.3 Å². The maximum atomic E-state index is 6.22. The first-order valence-corrected chi connectivity index (χ1v) is 8.56. The minimum atomic E-state index is 0.347. The predicted molar refractivity (Wildman–Crippen MR) is 93.5 cm³/mol. The van der Waals surface area contributed by atoms with Gasteiger partial charge in [0.25, 0.3) is 0 Å². The second kappa shape index (κ2) is 6.16. The van der Waals surface area contributed by atoms with E-state index in [9.17, 15) is 0 Å². The molecule has 0 saturated carbocycles. The maximum absolute atomic E-state index is 6.22. The van der Waals surface area contributed by atoms with Crippen LogP contribution in [0.3, 0.4) is 0 Å². The minimum Gasteiger partial charge on any atom is -0.457 e. The van der Waals surface area contributed by atoms with Crippen molar-refractivity contribution in [2.24, 2.45) is 0 Å². The van der Waals surface area contributed by atoms with Crippen LogP contribution in [-0.4, -0.2) is 43.0 Å². The van der Waals surface area contributed by atoms with Crippen LogP contribution in [-0.2, 0) is 6.42 Å². The Balaban J connectivity index is 1.74. The molecular weight excluding hydrogens is 308 g/mol. The van der Waals surface area contributed by atoms with Gasteiger partial charge in [-0.25, -0.2) is 0 Å². The molecule has 0 bridgehead atoms. The van der Waals surface area contributed by atoms with Gasteiger partial charge >= 0.3 is 0 Å². The molecule has 0 N–H and O–H groups in total. The Morgan fingerprint density at radius 1 is 1.00 bits per heavy atom. The van der Waals surface area contributed by atoms with Gasteiger partial charge in [-0.15, -0.1) is 0 Å². The SMILES string of the molecule is CN1CCN(C2Cc3cc(Cl)ccc3Oc3ccccc32)CC1. The number of piperazine rings is 1. The molecule has 2 aromatic carbocycles. The van der Waals surface area contributed by atoms with Gasteiger partial charge in [-0.1, -0.05) is 29.8 Å². The first-order valence-electron chi connectivity index (χ1n) is 8.18. The van der Waals surface area contributed by atoms with Crippen molar-refractivity contribution in [1.29, 1.82) is 0 Å². The molecule has 2 aliphatic rings. The second-order valence-electron chi connectivity index (χ2n) is 6.45. The van der Waals surface area contributed by atoms with Crippen LogP contribution in [0.4, 0.5) is 0 Å². The van der Waals surface area contributed by atoms with E-state index in [0.717, 1.165) is 49.1 Å². The Labute approximate surface area is 142 Å². The van der Waals surface area contributed by atoms with E-state index in [0.29, 0.717) is 6.04 Å². The zero-order chi connectivity index (χ0) is 15.8. The molecule has 0 aliphatic carbocycles. The van der Waals surface area contributed by atoms with E-state index in [2.05, 4.69) is 35.0 Å². The summed E-state index contributed by atoms with van der Waals surface area (Å²) in [4.78, 5) is 4.97. The lowest BCUT2D eigenvalue weighted by Crippen LogP contribution is -2.46. The van der Waals surface area contributed by atoms with Crippen LogP contribution >= 0.6 is 11.6 Å². The number of para-hydroxylation sites is 1. The third kappa shape index (κ3) is 2.97. The van der Waals surface area contributed by atoms with Crippen molar-refractivity contribution >= 4 is 11.6 Å². The summed E-state index contributed by atoms with van der Waals surface area (Å²) in [5.41, 5.74) is 2.47. The molecule has 2 aromatic rings. The molecule has 1 atom stereocenters. The van der Waals surface area contributed by atoms with Gasteiger partial charge in [0.15, 0.2) is 0 Å². The lowest BCUT2D eigenvalue weighted by molar-refractivity contribution is 0.111. The van der Waals surface area contributed by atoms with Crippen LogP contribution in [0.2, 0.25) is 5.02 Å². The number of fused-ring (bicyclic) bond motifs is 2. The Hall–Kier alpha value is -1.55. The summed E-state index contributed by atoms with van der Waals surface area (Å²) in [6, 6.07) is 14.7. The fraction of sp³-hybridized carbons (Fsp3) is 0.368. The number of benzene rings is 2. The van der Waals surface area contributed by atoms with Gasteiger partial charge in [0.2, 0.25) is 0 Å². The smallest absolute Gasteiger partial charge is 0.132 e. The predicted octanol–water partition coefficient (Wildman–Crippen LogP) is 3.98. The zero-order valence-corrected chi connectivity index (χ0v) is 14.1. The van der Waals surface area contributed by atoms with Gasteiger partial charge in [0, 0.05) is 42.8 Å². The van der Waals surface area contributed by atoms with Gasteiger partial charge in [0.05, 0.1) is 0 Å².